The van der Waals surface area contributed by atoms with Gasteiger partial charge in [0.25, 0.3) is 0 Å². The standard InChI is InChI=1S/C22H21NO5S/c1-27-21-13-9-18(10-14-21)17-7-11-20(12-8-17)23-29(25,26)15-16-3-5-19(6-4-16)22(24)28-2/h3-14,23H,15H2,1-2H3. The third-order valence-electron chi connectivity index (χ3n) is 4.31. The molecule has 0 amide bonds. The first-order valence-electron chi connectivity index (χ1n) is 8.82. The SMILES string of the molecule is COC(=O)c1ccc(CS(=O)(=O)Nc2ccc(-c3ccc(OC)cc3)cc2)cc1. The first kappa shape index (κ1) is 20.4. The van der Waals surface area contributed by atoms with Crippen molar-refractivity contribution in [1.82, 2.24) is 0 Å². The number of rotatable bonds is 7. The van der Waals surface area contributed by atoms with Gasteiger partial charge in [0.1, 0.15) is 5.75 Å². The number of benzene rings is 3. The van der Waals surface area contributed by atoms with E-state index < -0.39 is 16.0 Å². The Hall–Kier alpha value is -3.32. The molecule has 3 aromatic carbocycles. The minimum Gasteiger partial charge on any atom is -0.497 e. The van der Waals surface area contributed by atoms with Crippen molar-refractivity contribution in [3.05, 3.63) is 83.9 Å². The lowest BCUT2D eigenvalue weighted by Gasteiger charge is -2.10. The van der Waals surface area contributed by atoms with Crippen LogP contribution in [0.25, 0.3) is 11.1 Å². The maximum absolute atomic E-state index is 12.5. The third kappa shape index (κ3) is 5.36. The van der Waals surface area contributed by atoms with Gasteiger partial charge in [-0.15, -0.1) is 0 Å². The van der Waals surface area contributed by atoms with Gasteiger partial charge in [-0.2, -0.15) is 0 Å². The van der Waals surface area contributed by atoms with E-state index in [1.165, 1.54) is 7.11 Å². The molecule has 6 nitrogen and oxygen atoms in total. The highest BCUT2D eigenvalue weighted by atomic mass is 32.2. The molecular weight excluding hydrogens is 390 g/mol. The molecule has 0 spiro atoms. The van der Waals surface area contributed by atoms with Gasteiger partial charge >= 0.3 is 5.97 Å². The van der Waals surface area contributed by atoms with Crippen LogP contribution in [0.3, 0.4) is 0 Å². The molecule has 0 radical (unpaired) electrons. The molecule has 0 unspecified atom stereocenters. The van der Waals surface area contributed by atoms with Crippen molar-refractivity contribution in [1.29, 1.82) is 0 Å². The highest BCUT2D eigenvalue weighted by molar-refractivity contribution is 7.91. The highest BCUT2D eigenvalue weighted by Crippen LogP contribution is 2.24. The van der Waals surface area contributed by atoms with E-state index in [1.54, 1.807) is 43.5 Å². The molecule has 150 valence electrons. The van der Waals surface area contributed by atoms with Crippen molar-refractivity contribution >= 4 is 21.7 Å². The zero-order valence-electron chi connectivity index (χ0n) is 16.1. The van der Waals surface area contributed by atoms with E-state index in [9.17, 15) is 13.2 Å². The molecule has 3 rings (SSSR count). The van der Waals surface area contributed by atoms with E-state index in [2.05, 4.69) is 9.46 Å². The Morgan fingerprint density at radius 1 is 0.828 bits per heavy atom. The fraction of sp³-hybridized carbons (Fsp3) is 0.136. The molecule has 3 aromatic rings. The largest absolute Gasteiger partial charge is 0.497 e. The van der Waals surface area contributed by atoms with Crippen LogP contribution in [0.1, 0.15) is 15.9 Å². The van der Waals surface area contributed by atoms with Gasteiger partial charge in [-0.1, -0.05) is 36.4 Å². The van der Waals surface area contributed by atoms with Gasteiger partial charge in [0, 0.05) is 5.69 Å². The molecule has 0 saturated heterocycles. The third-order valence-corrected chi connectivity index (χ3v) is 5.57. The first-order chi connectivity index (χ1) is 13.9. The number of hydrogen-bond acceptors (Lipinski definition) is 5. The second-order valence-electron chi connectivity index (χ2n) is 6.36. The van der Waals surface area contributed by atoms with Crippen LogP contribution in [0.4, 0.5) is 5.69 Å². The topological polar surface area (TPSA) is 81.7 Å². The number of sulfonamides is 1. The van der Waals surface area contributed by atoms with Crippen molar-refractivity contribution in [3.63, 3.8) is 0 Å². The molecule has 0 heterocycles. The predicted molar refractivity (Wildman–Crippen MR) is 112 cm³/mol. The summed E-state index contributed by atoms with van der Waals surface area (Å²) in [5.74, 6) is 0.113. The maximum atomic E-state index is 12.5. The van der Waals surface area contributed by atoms with Crippen LogP contribution in [-0.4, -0.2) is 28.6 Å². The normalized spacial score (nSPS) is 11.0. The van der Waals surface area contributed by atoms with Crippen molar-refractivity contribution in [2.75, 3.05) is 18.9 Å². The molecular formula is C22H21NO5S. The number of methoxy groups -OCH3 is 2. The number of ether oxygens (including phenoxy) is 2. The fourth-order valence-corrected chi connectivity index (χ4v) is 4.00. The monoisotopic (exact) mass is 411 g/mol. The van der Waals surface area contributed by atoms with E-state index >= 15 is 0 Å². The minimum absolute atomic E-state index is 0.200. The molecule has 0 atom stereocenters. The van der Waals surface area contributed by atoms with Crippen LogP contribution < -0.4 is 9.46 Å². The van der Waals surface area contributed by atoms with Crippen molar-refractivity contribution in [2.45, 2.75) is 5.75 Å². The number of esters is 1. The minimum atomic E-state index is -3.60. The maximum Gasteiger partial charge on any atom is 0.337 e. The molecule has 0 saturated carbocycles. The van der Waals surface area contributed by atoms with Gasteiger partial charge in [-0.05, 0) is 53.1 Å². The average molecular weight is 411 g/mol. The van der Waals surface area contributed by atoms with E-state index in [-0.39, 0.29) is 5.75 Å². The molecule has 29 heavy (non-hydrogen) atoms. The van der Waals surface area contributed by atoms with E-state index in [1.807, 2.05) is 36.4 Å². The molecule has 0 aliphatic carbocycles. The molecule has 1 N–H and O–H groups in total. The van der Waals surface area contributed by atoms with Crippen LogP contribution in [0.5, 0.6) is 5.75 Å². The summed E-state index contributed by atoms with van der Waals surface area (Å²) in [5.41, 5.74) is 3.39. The van der Waals surface area contributed by atoms with Crippen LogP contribution in [0, 0.1) is 0 Å². The smallest absolute Gasteiger partial charge is 0.337 e. The summed E-state index contributed by atoms with van der Waals surface area (Å²) < 4.78 is 37.3. The van der Waals surface area contributed by atoms with E-state index in [4.69, 9.17) is 4.74 Å². The van der Waals surface area contributed by atoms with Gasteiger partial charge < -0.3 is 9.47 Å². The quantitative estimate of drug-likeness (QED) is 0.592. The van der Waals surface area contributed by atoms with E-state index in [0.717, 1.165) is 16.9 Å². The Kier molecular flexibility index (Phi) is 6.19. The molecule has 7 heteroatoms. The first-order valence-corrected chi connectivity index (χ1v) is 10.5. The van der Waals surface area contributed by atoms with Crippen molar-refractivity contribution < 1.29 is 22.7 Å². The summed E-state index contributed by atoms with van der Waals surface area (Å²) >= 11 is 0. The Labute approximate surface area is 170 Å². The molecule has 0 aromatic heterocycles. The number of nitrogens with one attached hydrogen (secondary N) is 1. The summed E-state index contributed by atoms with van der Waals surface area (Å²) in [4.78, 5) is 11.5. The lowest BCUT2D eigenvalue weighted by molar-refractivity contribution is 0.0600. The van der Waals surface area contributed by atoms with Crippen LogP contribution >= 0.6 is 0 Å². The van der Waals surface area contributed by atoms with Gasteiger partial charge in [-0.25, -0.2) is 13.2 Å². The molecule has 0 aliphatic heterocycles. The number of anilines is 1. The van der Waals surface area contributed by atoms with Gasteiger partial charge in [0.2, 0.25) is 10.0 Å². The van der Waals surface area contributed by atoms with Crippen molar-refractivity contribution in [2.24, 2.45) is 0 Å². The van der Waals surface area contributed by atoms with Gasteiger partial charge in [0.05, 0.1) is 25.5 Å². The zero-order chi connectivity index (χ0) is 20.9. The Balaban J connectivity index is 1.67. The lowest BCUT2D eigenvalue weighted by atomic mass is 10.1. The molecule has 0 bridgehead atoms. The van der Waals surface area contributed by atoms with Crippen LogP contribution in [-0.2, 0) is 20.5 Å². The lowest BCUT2D eigenvalue weighted by Crippen LogP contribution is -2.15. The summed E-state index contributed by atoms with van der Waals surface area (Å²) in [6.07, 6.45) is 0. The summed E-state index contributed by atoms with van der Waals surface area (Å²) in [5, 5.41) is 0. The number of carbonyl (C=O) groups excluding carboxylic acids is 1. The van der Waals surface area contributed by atoms with Crippen molar-refractivity contribution in [3.8, 4) is 16.9 Å². The number of carbonyl (C=O) groups is 1. The Morgan fingerprint density at radius 3 is 1.90 bits per heavy atom. The summed E-state index contributed by atoms with van der Waals surface area (Å²) in [6.45, 7) is 0. The fourth-order valence-electron chi connectivity index (χ4n) is 2.80. The average Bonchev–Trinajstić information content (AvgIpc) is 2.74. The molecule has 0 aliphatic rings. The summed E-state index contributed by atoms with van der Waals surface area (Å²) in [7, 11) is -0.685. The Morgan fingerprint density at radius 2 is 1.38 bits per heavy atom. The molecule has 0 fully saturated rings. The zero-order valence-corrected chi connectivity index (χ0v) is 16.9. The summed E-state index contributed by atoms with van der Waals surface area (Å²) in [6, 6.07) is 21.0. The predicted octanol–water partition coefficient (Wildman–Crippen LogP) is 4.09. The van der Waals surface area contributed by atoms with Crippen LogP contribution in [0.15, 0.2) is 72.8 Å². The Bertz CT molecular complexity index is 1070. The van der Waals surface area contributed by atoms with Gasteiger partial charge in [-0.3, -0.25) is 4.72 Å². The highest BCUT2D eigenvalue weighted by Gasteiger charge is 2.13. The second kappa shape index (κ2) is 8.79. The van der Waals surface area contributed by atoms with Gasteiger partial charge in [0.15, 0.2) is 0 Å². The van der Waals surface area contributed by atoms with E-state index in [0.29, 0.717) is 16.8 Å². The number of hydrogen-bond donors (Lipinski definition) is 1. The second-order valence-corrected chi connectivity index (χ2v) is 8.08. The van der Waals surface area contributed by atoms with Crippen LogP contribution in [0.2, 0.25) is 0 Å².